The summed E-state index contributed by atoms with van der Waals surface area (Å²) >= 11 is 0. The van der Waals surface area contributed by atoms with E-state index >= 15 is 0 Å². The van der Waals surface area contributed by atoms with E-state index in [0.717, 1.165) is 38.7 Å². The Morgan fingerprint density at radius 2 is 1.14 bits per heavy atom. The molecule has 10 rings (SSSR count). The molecule has 1 aliphatic rings. The number of hydrogen-bond donors (Lipinski definition) is 0. The van der Waals surface area contributed by atoms with Crippen LogP contribution in [-0.4, -0.2) is 0 Å². The van der Waals surface area contributed by atoms with Crippen LogP contribution >= 0.6 is 0 Å². The van der Waals surface area contributed by atoms with Crippen molar-refractivity contribution in [3.8, 4) is 22.3 Å². The van der Waals surface area contributed by atoms with E-state index in [0.29, 0.717) is 0 Å². The van der Waals surface area contributed by atoms with Crippen LogP contribution in [0.5, 0.6) is 0 Å². The molecule has 2 nitrogen and oxygen atoms in total. The summed E-state index contributed by atoms with van der Waals surface area (Å²) in [6.45, 7) is 4.70. The quantitative estimate of drug-likeness (QED) is 0.193. The fraction of sp³-hybridized carbons (Fsp3) is 0.0638. The summed E-state index contributed by atoms with van der Waals surface area (Å²) in [4.78, 5) is 2.48. The Hall–Kier alpha value is -6.12. The predicted octanol–water partition coefficient (Wildman–Crippen LogP) is 13.3. The fourth-order valence-corrected chi connectivity index (χ4v) is 8.19. The Balaban J connectivity index is 1.25. The van der Waals surface area contributed by atoms with Crippen LogP contribution in [0.1, 0.15) is 25.0 Å². The zero-order chi connectivity index (χ0) is 32.7. The molecule has 0 N–H and O–H groups in total. The average molecular weight is 628 g/mol. The van der Waals surface area contributed by atoms with Gasteiger partial charge in [0.05, 0.1) is 11.4 Å². The molecule has 0 fully saturated rings. The fourth-order valence-electron chi connectivity index (χ4n) is 8.19. The second-order valence-electron chi connectivity index (χ2n) is 13.8. The van der Waals surface area contributed by atoms with Gasteiger partial charge in [0, 0.05) is 33.0 Å². The molecule has 0 saturated heterocycles. The second-order valence-corrected chi connectivity index (χ2v) is 13.8. The highest BCUT2D eigenvalue weighted by Gasteiger charge is 2.38. The van der Waals surface area contributed by atoms with Gasteiger partial charge in [0.1, 0.15) is 11.2 Å². The molecule has 0 atom stereocenters. The highest BCUT2D eigenvalue weighted by molar-refractivity contribution is 6.11. The van der Waals surface area contributed by atoms with Crippen molar-refractivity contribution in [3.05, 3.63) is 175 Å². The molecule has 9 aromatic rings. The smallest absolute Gasteiger partial charge is 0.136 e. The first kappa shape index (κ1) is 27.9. The maximum absolute atomic E-state index is 6.35. The van der Waals surface area contributed by atoms with Gasteiger partial charge in [0.25, 0.3) is 0 Å². The number of fused-ring (bicyclic) bond motifs is 8. The predicted molar refractivity (Wildman–Crippen MR) is 206 cm³/mol. The maximum Gasteiger partial charge on any atom is 0.136 e. The normalized spacial score (nSPS) is 13.3. The molecular formula is C47H33NO. The van der Waals surface area contributed by atoms with Gasteiger partial charge in [-0.2, -0.15) is 0 Å². The zero-order valence-electron chi connectivity index (χ0n) is 27.4. The number of para-hydroxylation sites is 2. The van der Waals surface area contributed by atoms with Gasteiger partial charge in [-0.05, 0) is 92.3 Å². The van der Waals surface area contributed by atoms with E-state index in [1.54, 1.807) is 0 Å². The Kier molecular flexibility index (Phi) is 5.95. The third-order valence-electron chi connectivity index (χ3n) is 10.6. The zero-order valence-corrected chi connectivity index (χ0v) is 27.4. The molecule has 232 valence electrons. The molecule has 0 unspecified atom stereocenters. The summed E-state index contributed by atoms with van der Waals surface area (Å²) in [5.74, 6) is 0. The van der Waals surface area contributed by atoms with Gasteiger partial charge in [0.2, 0.25) is 0 Å². The monoisotopic (exact) mass is 627 g/mol. The van der Waals surface area contributed by atoms with Gasteiger partial charge >= 0.3 is 0 Å². The van der Waals surface area contributed by atoms with Crippen molar-refractivity contribution in [1.29, 1.82) is 0 Å². The average Bonchev–Trinajstić information content (AvgIpc) is 3.62. The number of rotatable bonds is 4. The summed E-state index contributed by atoms with van der Waals surface area (Å²) in [5.41, 5.74) is 12.8. The Labute approximate surface area is 285 Å². The third-order valence-corrected chi connectivity index (χ3v) is 10.6. The van der Waals surface area contributed by atoms with Crippen molar-refractivity contribution in [2.45, 2.75) is 19.3 Å². The standard InChI is InChI=1S/C47H33NO/c1-47(2)40-17-8-5-16-38(40)46-41(47)18-11-20-43(46)48(42-19-9-6-14-36(42)33-23-22-30-12-3-4-13-31(30)26-33)35-25-24-32-28-39-37-15-7-10-21-44(37)49-45(39)29-34(32)27-35/h3-29H,1-2H3. The molecule has 0 saturated carbocycles. The topological polar surface area (TPSA) is 16.4 Å². The van der Waals surface area contributed by atoms with Crippen molar-refractivity contribution in [2.24, 2.45) is 0 Å². The van der Waals surface area contributed by atoms with Crippen LogP contribution < -0.4 is 4.90 Å². The molecule has 0 bridgehead atoms. The number of benzene rings is 8. The first-order valence-electron chi connectivity index (χ1n) is 17.0. The Morgan fingerprint density at radius 3 is 2.06 bits per heavy atom. The molecule has 1 aliphatic carbocycles. The Bertz CT molecular complexity index is 2770. The molecule has 0 amide bonds. The molecule has 1 aromatic heterocycles. The van der Waals surface area contributed by atoms with Crippen LogP contribution in [0.15, 0.2) is 168 Å². The molecule has 2 heteroatoms. The molecule has 0 spiro atoms. The van der Waals surface area contributed by atoms with Gasteiger partial charge in [-0.3, -0.25) is 0 Å². The molecule has 1 heterocycles. The van der Waals surface area contributed by atoms with Crippen molar-refractivity contribution >= 4 is 60.5 Å². The summed E-state index contributed by atoms with van der Waals surface area (Å²) in [7, 11) is 0. The SMILES string of the molecule is CC1(C)c2ccccc2-c2c(N(c3ccc4cc5c(cc4c3)oc3ccccc35)c3ccccc3-c3ccc4ccccc4c3)cccc21. The minimum Gasteiger partial charge on any atom is -0.456 e. The first-order chi connectivity index (χ1) is 24.0. The third kappa shape index (κ3) is 4.20. The van der Waals surface area contributed by atoms with Crippen molar-refractivity contribution in [1.82, 2.24) is 0 Å². The van der Waals surface area contributed by atoms with E-state index in [2.05, 4.69) is 170 Å². The lowest BCUT2D eigenvalue weighted by molar-refractivity contribution is 0.660. The van der Waals surface area contributed by atoms with Crippen LogP contribution in [-0.2, 0) is 5.41 Å². The molecule has 0 radical (unpaired) electrons. The van der Waals surface area contributed by atoms with Gasteiger partial charge < -0.3 is 9.32 Å². The second kappa shape index (κ2) is 10.4. The van der Waals surface area contributed by atoms with Crippen LogP contribution in [0.4, 0.5) is 17.1 Å². The van der Waals surface area contributed by atoms with Gasteiger partial charge in [-0.25, -0.2) is 0 Å². The van der Waals surface area contributed by atoms with Crippen LogP contribution in [0.2, 0.25) is 0 Å². The van der Waals surface area contributed by atoms with E-state index in [-0.39, 0.29) is 5.41 Å². The van der Waals surface area contributed by atoms with E-state index in [9.17, 15) is 0 Å². The maximum atomic E-state index is 6.35. The highest BCUT2D eigenvalue weighted by Crippen LogP contribution is 2.55. The number of anilines is 3. The van der Waals surface area contributed by atoms with Gasteiger partial charge in [0.15, 0.2) is 0 Å². The van der Waals surface area contributed by atoms with E-state index in [4.69, 9.17) is 4.42 Å². The largest absolute Gasteiger partial charge is 0.456 e. The van der Waals surface area contributed by atoms with Crippen LogP contribution in [0.3, 0.4) is 0 Å². The lowest BCUT2D eigenvalue weighted by Crippen LogP contribution is -2.16. The lowest BCUT2D eigenvalue weighted by atomic mass is 9.82. The van der Waals surface area contributed by atoms with E-state index < -0.39 is 0 Å². The van der Waals surface area contributed by atoms with Crippen LogP contribution in [0, 0.1) is 0 Å². The minimum absolute atomic E-state index is 0.109. The molecular weight excluding hydrogens is 595 g/mol. The van der Waals surface area contributed by atoms with Crippen molar-refractivity contribution in [2.75, 3.05) is 4.90 Å². The number of hydrogen-bond acceptors (Lipinski definition) is 2. The van der Waals surface area contributed by atoms with Gasteiger partial charge in [-0.15, -0.1) is 0 Å². The molecule has 49 heavy (non-hydrogen) atoms. The van der Waals surface area contributed by atoms with E-state index in [1.807, 2.05) is 12.1 Å². The van der Waals surface area contributed by atoms with E-state index in [1.165, 1.54) is 55.2 Å². The summed E-state index contributed by atoms with van der Waals surface area (Å²) in [5, 5.41) is 7.11. The minimum atomic E-state index is -0.109. The number of nitrogens with zero attached hydrogens (tertiary/aromatic N) is 1. The lowest BCUT2D eigenvalue weighted by Gasteiger charge is -2.31. The van der Waals surface area contributed by atoms with Crippen LogP contribution in [0.25, 0.3) is 65.7 Å². The summed E-state index contributed by atoms with van der Waals surface area (Å²) in [6.07, 6.45) is 0. The molecule has 0 aliphatic heterocycles. The molecule has 8 aromatic carbocycles. The van der Waals surface area contributed by atoms with Crippen molar-refractivity contribution < 1.29 is 4.42 Å². The van der Waals surface area contributed by atoms with Crippen molar-refractivity contribution in [3.63, 3.8) is 0 Å². The number of furan rings is 1. The Morgan fingerprint density at radius 1 is 0.449 bits per heavy atom. The first-order valence-corrected chi connectivity index (χ1v) is 17.0. The summed E-state index contributed by atoms with van der Waals surface area (Å²) in [6, 6.07) is 59.6. The van der Waals surface area contributed by atoms with Gasteiger partial charge in [-0.1, -0.05) is 129 Å². The summed E-state index contributed by atoms with van der Waals surface area (Å²) < 4.78 is 6.35. The highest BCUT2D eigenvalue weighted by atomic mass is 16.3.